The number of esters is 1. The van der Waals surface area contributed by atoms with E-state index in [1.807, 2.05) is 6.92 Å². The van der Waals surface area contributed by atoms with Crippen LogP contribution in [0.15, 0.2) is 18.2 Å². The first kappa shape index (κ1) is 13.5. The van der Waals surface area contributed by atoms with Gasteiger partial charge in [0.15, 0.2) is 0 Å². The van der Waals surface area contributed by atoms with Gasteiger partial charge >= 0.3 is 5.97 Å². The predicted octanol–water partition coefficient (Wildman–Crippen LogP) is 2.74. The van der Waals surface area contributed by atoms with Gasteiger partial charge in [-0.25, -0.2) is 4.39 Å². The Morgan fingerprint density at radius 1 is 1.41 bits per heavy atom. The third-order valence-electron chi connectivity index (χ3n) is 2.97. The fourth-order valence-electron chi connectivity index (χ4n) is 1.52. The van der Waals surface area contributed by atoms with Gasteiger partial charge in [-0.1, -0.05) is 6.07 Å². The zero-order valence-electron chi connectivity index (χ0n) is 10.6. The molecule has 94 valence electrons. The van der Waals surface area contributed by atoms with Crippen LogP contribution in [0.25, 0.3) is 0 Å². The second kappa shape index (κ2) is 5.66. The lowest BCUT2D eigenvalue weighted by molar-refractivity contribution is -0.145. The van der Waals surface area contributed by atoms with Crippen LogP contribution < -0.4 is 5.32 Å². The van der Waals surface area contributed by atoms with E-state index in [1.54, 1.807) is 26.0 Å². The van der Waals surface area contributed by atoms with Gasteiger partial charge in [0.1, 0.15) is 5.82 Å². The average molecular weight is 239 g/mol. The van der Waals surface area contributed by atoms with Crippen LogP contribution in [0.2, 0.25) is 0 Å². The minimum atomic E-state index is -0.289. The molecule has 4 heteroatoms. The van der Waals surface area contributed by atoms with Crippen LogP contribution in [0.5, 0.6) is 0 Å². The second-order valence-corrected chi connectivity index (χ2v) is 4.16. The van der Waals surface area contributed by atoms with Crippen molar-refractivity contribution in [2.24, 2.45) is 5.92 Å². The van der Waals surface area contributed by atoms with Crippen molar-refractivity contribution in [3.05, 3.63) is 29.6 Å². The molecule has 0 heterocycles. The van der Waals surface area contributed by atoms with Gasteiger partial charge in [-0.2, -0.15) is 0 Å². The third kappa shape index (κ3) is 3.19. The molecular formula is C13H18FNO2. The number of rotatable bonds is 4. The van der Waals surface area contributed by atoms with E-state index in [1.165, 1.54) is 13.2 Å². The number of carbonyl (C=O) groups is 1. The molecule has 0 aliphatic rings. The summed E-state index contributed by atoms with van der Waals surface area (Å²) in [5.41, 5.74) is 1.25. The fourth-order valence-corrected chi connectivity index (χ4v) is 1.52. The van der Waals surface area contributed by atoms with E-state index in [-0.39, 0.29) is 23.7 Å². The highest BCUT2D eigenvalue weighted by Crippen LogP contribution is 2.20. The number of halogens is 1. The lowest BCUT2D eigenvalue weighted by Gasteiger charge is -2.21. The monoisotopic (exact) mass is 239 g/mol. The molecule has 1 aromatic carbocycles. The summed E-state index contributed by atoms with van der Waals surface area (Å²) in [7, 11) is 1.36. The largest absolute Gasteiger partial charge is 0.469 e. The highest BCUT2D eigenvalue weighted by molar-refractivity contribution is 5.73. The zero-order chi connectivity index (χ0) is 13.0. The molecule has 1 N–H and O–H groups in total. The number of benzene rings is 1. The van der Waals surface area contributed by atoms with Crippen molar-refractivity contribution in [3.8, 4) is 0 Å². The van der Waals surface area contributed by atoms with Gasteiger partial charge in [-0.3, -0.25) is 4.79 Å². The first-order chi connectivity index (χ1) is 7.97. The van der Waals surface area contributed by atoms with Gasteiger partial charge < -0.3 is 10.1 Å². The summed E-state index contributed by atoms with van der Waals surface area (Å²) in [5.74, 6) is -0.824. The Morgan fingerprint density at radius 2 is 2.06 bits per heavy atom. The van der Waals surface area contributed by atoms with Crippen LogP contribution in [-0.2, 0) is 9.53 Å². The third-order valence-corrected chi connectivity index (χ3v) is 2.97. The predicted molar refractivity (Wildman–Crippen MR) is 65.4 cm³/mol. The van der Waals surface area contributed by atoms with E-state index < -0.39 is 0 Å². The van der Waals surface area contributed by atoms with Crippen molar-refractivity contribution in [1.82, 2.24) is 0 Å². The Morgan fingerprint density at radius 3 is 2.65 bits per heavy atom. The lowest BCUT2D eigenvalue weighted by atomic mass is 10.0. The molecule has 1 aromatic rings. The summed E-state index contributed by atoms with van der Waals surface area (Å²) in [5, 5.41) is 3.13. The summed E-state index contributed by atoms with van der Waals surface area (Å²) in [6.07, 6.45) is 0. The van der Waals surface area contributed by atoms with Crippen molar-refractivity contribution < 1.29 is 13.9 Å². The Labute approximate surface area is 101 Å². The van der Waals surface area contributed by atoms with Gasteiger partial charge in [0.05, 0.1) is 13.0 Å². The molecule has 0 amide bonds. The molecule has 0 radical (unpaired) electrons. The average Bonchev–Trinajstić information content (AvgIpc) is 2.32. The SMILES string of the molecule is COC(=O)C(C)C(C)Nc1cccc(F)c1C. The van der Waals surface area contributed by atoms with Crippen LogP contribution in [0, 0.1) is 18.7 Å². The summed E-state index contributed by atoms with van der Waals surface area (Å²) >= 11 is 0. The summed E-state index contributed by atoms with van der Waals surface area (Å²) in [6.45, 7) is 5.34. The molecule has 0 saturated heterocycles. The molecule has 0 bridgehead atoms. The molecule has 17 heavy (non-hydrogen) atoms. The number of hydrogen-bond acceptors (Lipinski definition) is 3. The molecular weight excluding hydrogens is 221 g/mol. The molecule has 0 spiro atoms. The van der Waals surface area contributed by atoms with Gasteiger partial charge in [-0.15, -0.1) is 0 Å². The molecule has 3 nitrogen and oxygen atoms in total. The van der Waals surface area contributed by atoms with Crippen LogP contribution in [0.4, 0.5) is 10.1 Å². The van der Waals surface area contributed by atoms with Gasteiger partial charge in [0.2, 0.25) is 0 Å². The van der Waals surface area contributed by atoms with E-state index >= 15 is 0 Å². The summed E-state index contributed by atoms with van der Waals surface area (Å²) in [6, 6.07) is 4.72. The lowest BCUT2D eigenvalue weighted by Crippen LogP contribution is -2.31. The molecule has 1 rings (SSSR count). The number of methoxy groups -OCH3 is 1. The molecule has 0 aliphatic carbocycles. The van der Waals surface area contributed by atoms with E-state index in [0.717, 1.165) is 0 Å². The maximum atomic E-state index is 13.3. The Bertz CT molecular complexity index is 406. The molecule has 2 atom stereocenters. The van der Waals surface area contributed by atoms with Crippen molar-refractivity contribution in [1.29, 1.82) is 0 Å². The van der Waals surface area contributed by atoms with Gasteiger partial charge in [0, 0.05) is 17.3 Å². The van der Waals surface area contributed by atoms with Crippen LogP contribution in [0.3, 0.4) is 0 Å². The Balaban J connectivity index is 2.77. The van der Waals surface area contributed by atoms with E-state index in [2.05, 4.69) is 10.1 Å². The van der Waals surface area contributed by atoms with Crippen molar-refractivity contribution in [2.45, 2.75) is 26.8 Å². The van der Waals surface area contributed by atoms with Gasteiger partial charge in [0.25, 0.3) is 0 Å². The van der Waals surface area contributed by atoms with Crippen LogP contribution in [0.1, 0.15) is 19.4 Å². The maximum absolute atomic E-state index is 13.3. The first-order valence-corrected chi connectivity index (χ1v) is 5.56. The summed E-state index contributed by atoms with van der Waals surface area (Å²) < 4.78 is 18.0. The number of anilines is 1. The second-order valence-electron chi connectivity index (χ2n) is 4.16. The molecule has 2 unspecified atom stereocenters. The van der Waals surface area contributed by atoms with Gasteiger partial charge in [-0.05, 0) is 32.9 Å². The minimum absolute atomic E-state index is 0.122. The topological polar surface area (TPSA) is 38.3 Å². The number of nitrogens with one attached hydrogen (secondary N) is 1. The Hall–Kier alpha value is -1.58. The smallest absolute Gasteiger partial charge is 0.310 e. The highest BCUT2D eigenvalue weighted by atomic mass is 19.1. The van der Waals surface area contributed by atoms with Crippen molar-refractivity contribution in [3.63, 3.8) is 0 Å². The quantitative estimate of drug-likeness (QED) is 0.821. The molecule has 0 fully saturated rings. The van der Waals surface area contributed by atoms with E-state index in [0.29, 0.717) is 11.3 Å². The fraction of sp³-hybridized carbons (Fsp3) is 0.462. The van der Waals surface area contributed by atoms with Crippen molar-refractivity contribution in [2.75, 3.05) is 12.4 Å². The van der Waals surface area contributed by atoms with Crippen molar-refractivity contribution >= 4 is 11.7 Å². The van der Waals surface area contributed by atoms with E-state index in [9.17, 15) is 9.18 Å². The molecule has 0 saturated carbocycles. The number of ether oxygens (including phenoxy) is 1. The standard InChI is InChI=1S/C13H18FNO2/c1-8(13(16)17-4)10(3)15-12-7-5-6-11(14)9(12)2/h5-8,10,15H,1-4H3. The zero-order valence-corrected chi connectivity index (χ0v) is 10.6. The van der Waals surface area contributed by atoms with E-state index in [4.69, 9.17) is 0 Å². The molecule has 0 aromatic heterocycles. The summed E-state index contributed by atoms with van der Waals surface area (Å²) in [4.78, 5) is 11.4. The normalized spacial score (nSPS) is 13.9. The first-order valence-electron chi connectivity index (χ1n) is 5.56. The minimum Gasteiger partial charge on any atom is -0.469 e. The highest BCUT2D eigenvalue weighted by Gasteiger charge is 2.21. The maximum Gasteiger partial charge on any atom is 0.310 e. The van der Waals surface area contributed by atoms with Crippen LogP contribution in [-0.4, -0.2) is 19.1 Å². The number of hydrogen-bond donors (Lipinski definition) is 1. The number of carbonyl (C=O) groups excluding carboxylic acids is 1. The van der Waals surface area contributed by atoms with Crippen LogP contribution >= 0.6 is 0 Å². The molecule has 0 aliphatic heterocycles. The Kier molecular flexibility index (Phi) is 4.49.